The lowest BCUT2D eigenvalue weighted by molar-refractivity contribution is -0.385. The van der Waals surface area contributed by atoms with Gasteiger partial charge in [-0.1, -0.05) is 11.6 Å². The van der Waals surface area contributed by atoms with Crippen molar-refractivity contribution in [2.75, 3.05) is 0 Å². The fraction of sp³-hybridized carbons (Fsp3) is 0. The molecule has 2 rings (SSSR count). The van der Waals surface area contributed by atoms with Crippen molar-refractivity contribution in [1.82, 2.24) is 10.3 Å². The molecule has 2 amide bonds. The molecule has 8 heteroatoms. The van der Waals surface area contributed by atoms with Crippen molar-refractivity contribution in [3.63, 3.8) is 0 Å². The molecule has 2 aromatic rings. The first-order valence-electron chi connectivity index (χ1n) is 5.69. The zero-order valence-electron chi connectivity index (χ0n) is 10.4. The highest BCUT2D eigenvalue weighted by Gasteiger charge is 2.23. The van der Waals surface area contributed by atoms with Crippen LogP contribution in [0, 0.1) is 10.1 Å². The number of nitro groups is 1. The van der Waals surface area contributed by atoms with Crippen LogP contribution in [0.15, 0.2) is 42.6 Å². The van der Waals surface area contributed by atoms with Crippen LogP contribution in [0.5, 0.6) is 0 Å². The Kier molecular flexibility index (Phi) is 4.24. The molecule has 0 aliphatic rings. The highest BCUT2D eigenvalue weighted by atomic mass is 35.5. The summed E-state index contributed by atoms with van der Waals surface area (Å²) in [6, 6.07) is 8.30. The molecule has 0 fully saturated rings. The second-order valence-electron chi connectivity index (χ2n) is 3.92. The fourth-order valence-corrected chi connectivity index (χ4v) is 1.68. The molecular formula is C13H8ClN3O4. The third kappa shape index (κ3) is 3.40. The van der Waals surface area contributed by atoms with E-state index in [1.807, 2.05) is 5.32 Å². The zero-order chi connectivity index (χ0) is 15.4. The molecular weight excluding hydrogens is 298 g/mol. The molecule has 1 heterocycles. The minimum absolute atomic E-state index is 0.200. The van der Waals surface area contributed by atoms with Gasteiger partial charge in [0, 0.05) is 22.8 Å². The summed E-state index contributed by atoms with van der Waals surface area (Å²) in [5.74, 6) is -1.64. The van der Waals surface area contributed by atoms with E-state index in [1.54, 1.807) is 0 Å². The van der Waals surface area contributed by atoms with E-state index in [2.05, 4.69) is 4.98 Å². The fourth-order valence-electron chi connectivity index (χ4n) is 1.55. The Morgan fingerprint density at radius 3 is 2.43 bits per heavy atom. The smallest absolute Gasteiger partial charge is 0.287 e. The summed E-state index contributed by atoms with van der Waals surface area (Å²) >= 11 is 5.69. The number of imide groups is 1. The van der Waals surface area contributed by atoms with Gasteiger partial charge in [0.1, 0.15) is 0 Å². The molecule has 0 spiro atoms. The summed E-state index contributed by atoms with van der Waals surface area (Å²) in [6.45, 7) is 0. The number of benzene rings is 1. The predicted molar refractivity (Wildman–Crippen MR) is 74.1 cm³/mol. The predicted octanol–water partition coefficient (Wildman–Crippen LogP) is 2.21. The summed E-state index contributed by atoms with van der Waals surface area (Å²) in [7, 11) is 0. The number of hydrogen-bond acceptors (Lipinski definition) is 5. The molecule has 1 aromatic carbocycles. The zero-order valence-corrected chi connectivity index (χ0v) is 11.2. The van der Waals surface area contributed by atoms with Gasteiger partial charge in [-0.25, -0.2) is 4.98 Å². The second-order valence-corrected chi connectivity index (χ2v) is 4.35. The molecule has 0 aliphatic heterocycles. The number of halogens is 1. The summed E-state index contributed by atoms with van der Waals surface area (Å²) < 4.78 is 0. The van der Waals surface area contributed by atoms with Crippen LogP contribution in [0.3, 0.4) is 0 Å². The van der Waals surface area contributed by atoms with E-state index in [0.717, 1.165) is 6.07 Å². The van der Waals surface area contributed by atoms with Crippen molar-refractivity contribution in [3.8, 4) is 0 Å². The van der Waals surface area contributed by atoms with Crippen molar-refractivity contribution in [1.29, 1.82) is 0 Å². The van der Waals surface area contributed by atoms with E-state index in [9.17, 15) is 19.7 Å². The molecule has 0 radical (unpaired) electrons. The minimum atomic E-state index is -0.942. The number of amides is 2. The van der Waals surface area contributed by atoms with Crippen LogP contribution >= 0.6 is 11.6 Å². The lowest BCUT2D eigenvalue weighted by Crippen LogP contribution is -2.31. The Balaban J connectivity index is 2.20. The van der Waals surface area contributed by atoms with Crippen LogP contribution < -0.4 is 5.32 Å². The Labute approximate surface area is 123 Å². The molecule has 21 heavy (non-hydrogen) atoms. The number of carbonyl (C=O) groups excluding carboxylic acids is 2. The first-order chi connectivity index (χ1) is 9.99. The third-order valence-electron chi connectivity index (χ3n) is 2.53. The summed E-state index contributed by atoms with van der Waals surface area (Å²) in [5.41, 5.74) is -0.699. The first-order valence-corrected chi connectivity index (χ1v) is 6.07. The standard InChI is InChI=1S/C13H8ClN3O4/c14-9-5-3-8(4-6-9)12(18)16-13(19)11-10(17(20)21)2-1-7-15-11/h1-7H,(H,16,18,19). The Morgan fingerprint density at radius 2 is 1.81 bits per heavy atom. The highest BCUT2D eigenvalue weighted by molar-refractivity contribution is 6.30. The minimum Gasteiger partial charge on any atom is -0.287 e. The van der Waals surface area contributed by atoms with Gasteiger partial charge in [0.05, 0.1) is 4.92 Å². The summed E-state index contributed by atoms with van der Waals surface area (Å²) in [4.78, 5) is 37.4. The molecule has 106 valence electrons. The lowest BCUT2D eigenvalue weighted by atomic mass is 10.2. The van der Waals surface area contributed by atoms with E-state index in [-0.39, 0.29) is 5.56 Å². The number of hydrogen-bond donors (Lipinski definition) is 1. The second kappa shape index (κ2) is 6.10. The molecule has 0 aliphatic carbocycles. The van der Waals surface area contributed by atoms with Crippen LogP contribution in [0.1, 0.15) is 20.8 Å². The van der Waals surface area contributed by atoms with Crippen molar-refractivity contribution < 1.29 is 14.5 Å². The third-order valence-corrected chi connectivity index (χ3v) is 2.78. The average Bonchev–Trinajstić information content (AvgIpc) is 2.47. The van der Waals surface area contributed by atoms with Crippen LogP contribution in [-0.2, 0) is 0 Å². The van der Waals surface area contributed by atoms with Crippen molar-refractivity contribution in [3.05, 3.63) is 69.0 Å². The van der Waals surface area contributed by atoms with E-state index in [1.165, 1.54) is 36.5 Å². The van der Waals surface area contributed by atoms with E-state index >= 15 is 0 Å². The van der Waals surface area contributed by atoms with Gasteiger partial charge in [0.2, 0.25) is 5.69 Å². The van der Waals surface area contributed by atoms with Gasteiger partial charge in [0.25, 0.3) is 11.8 Å². The highest BCUT2D eigenvalue weighted by Crippen LogP contribution is 2.15. The van der Waals surface area contributed by atoms with Crippen LogP contribution in [0.25, 0.3) is 0 Å². The molecule has 7 nitrogen and oxygen atoms in total. The molecule has 1 N–H and O–H groups in total. The number of pyridine rings is 1. The molecule has 1 aromatic heterocycles. The monoisotopic (exact) mass is 305 g/mol. The maximum absolute atomic E-state index is 11.9. The Hall–Kier alpha value is -2.80. The quantitative estimate of drug-likeness (QED) is 0.532. The number of nitrogens with one attached hydrogen (secondary N) is 1. The van der Waals surface area contributed by atoms with Gasteiger partial charge in [-0.05, 0) is 30.3 Å². The maximum Gasteiger partial charge on any atom is 0.300 e. The SMILES string of the molecule is O=C(NC(=O)c1ncccc1[N+](=O)[O-])c1ccc(Cl)cc1. The van der Waals surface area contributed by atoms with Gasteiger partial charge in [-0.3, -0.25) is 25.0 Å². The maximum atomic E-state index is 11.9. The first kappa shape index (κ1) is 14.6. The molecule has 0 bridgehead atoms. The van der Waals surface area contributed by atoms with Crippen molar-refractivity contribution in [2.24, 2.45) is 0 Å². The Bertz CT molecular complexity index is 716. The van der Waals surface area contributed by atoms with E-state index in [4.69, 9.17) is 11.6 Å². The number of carbonyl (C=O) groups is 2. The van der Waals surface area contributed by atoms with Gasteiger partial charge in [-0.15, -0.1) is 0 Å². The van der Waals surface area contributed by atoms with Gasteiger partial charge in [0.15, 0.2) is 0 Å². The average molecular weight is 306 g/mol. The van der Waals surface area contributed by atoms with Gasteiger partial charge in [-0.2, -0.15) is 0 Å². The van der Waals surface area contributed by atoms with Crippen molar-refractivity contribution in [2.45, 2.75) is 0 Å². The summed E-state index contributed by atoms with van der Waals surface area (Å²) in [6.07, 6.45) is 1.23. The van der Waals surface area contributed by atoms with Gasteiger partial charge < -0.3 is 0 Å². The van der Waals surface area contributed by atoms with E-state index < -0.39 is 28.1 Å². The molecule has 0 unspecified atom stereocenters. The van der Waals surface area contributed by atoms with Crippen LogP contribution in [0.4, 0.5) is 5.69 Å². The number of rotatable bonds is 3. The summed E-state index contributed by atoms with van der Waals surface area (Å²) in [5, 5.41) is 13.3. The van der Waals surface area contributed by atoms with Crippen LogP contribution in [-0.4, -0.2) is 21.7 Å². The number of aromatic nitrogens is 1. The van der Waals surface area contributed by atoms with E-state index in [0.29, 0.717) is 5.02 Å². The topological polar surface area (TPSA) is 102 Å². The molecule has 0 atom stereocenters. The Morgan fingerprint density at radius 1 is 1.14 bits per heavy atom. The number of nitrogens with zero attached hydrogens (tertiary/aromatic N) is 2. The van der Waals surface area contributed by atoms with Crippen molar-refractivity contribution >= 4 is 29.1 Å². The lowest BCUT2D eigenvalue weighted by Gasteiger charge is -2.04. The van der Waals surface area contributed by atoms with Gasteiger partial charge >= 0.3 is 5.69 Å². The normalized spacial score (nSPS) is 9.95. The largest absolute Gasteiger partial charge is 0.300 e. The molecule has 0 saturated carbocycles. The van der Waals surface area contributed by atoms with Crippen LogP contribution in [0.2, 0.25) is 5.02 Å². The molecule has 0 saturated heterocycles.